The minimum absolute atomic E-state index is 0.196. The van der Waals surface area contributed by atoms with Gasteiger partial charge in [-0.25, -0.2) is 14.6 Å². The number of nitrogens with zero attached hydrogens (tertiary/aromatic N) is 6. The molecular weight excluding hydrogens is 424 g/mol. The van der Waals surface area contributed by atoms with Crippen LogP contribution in [-0.2, 0) is 11.2 Å². The number of fused-ring (bicyclic) bond motifs is 1. The molecule has 4 aromatic rings. The van der Waals surface area contributed by atoms with Gasteiger partial charge in [0, 0.05) is 38.0 Å². The van der Waals surface area contributed by atoms with Crippen LogP contribution in [0.5, 0.6) is 0 Å². The third-order valence-electron chi connectivity index (χ3n) is 6.17. The molecule has 0 aliphatic carbocycles. The van der Waals surface area contributed by atoms with Gasteiger partial charge in [0.05, 0.1) is 17.3 Å². The third kappa shape index (κ3) is 4.38. The van der Waals surface area contributed by atoms with Crippen LogP contribution in [0.4, 0.5) is 5.82 Å². The van der Waals surface area contributed by atoms with E-state index in [1.807, 2.05) is 85.1 Å². The summed E-state index contributed by atoms with van der Waals surface area (Å²) >= 11 is 0. The summed E-state index contributed by atoms with van der Waals surface area (Å²) in [6.45, 7) is 8.76. The Hall–Kier alpha value is -3.74. The van der Waals surface area contributed by atoms with Crippen molar-refractivity contribution in [2.24, 2.45) is 5.41 Å². The van der Waals surface area contributed by atoms with Gasteiger partial charge in [0.25, 0.3) is 0 Å². The molecular formula is C27H30N6O. The molecule has 0 unspecified atom stereocenters. The summed E-state index contributed by atoms with van der Waals surface area (Å²) in [5, 5.41) is 5.59. The number of amides is 1. The van der Waals surface area contributed by atoms with Crippen LogP contribution < -0.4 is 4.90 Å². The minimum Gasteiger partial charge on any atom is -0.352 e. The Balaban J connectivity index is 1.52. The molecule has 1 amide bonds. The summed E-state index contributed by atoms with van der Waals surface area (Å²) in [7, 11) is 0. The maximum atomic E-state index is 12.8. The normalized spacial score (nSPS) is 14.6. The van der Waals surface area contributed by atoms with Crippen molar-refractivity contribution in [3.05, 3.63) is 78.2 Å². The van der Waals surface area contributed by atoms with Crippen LogP contribution in [0.2, 0.25) is 0 Å². The van der Waals surface area contributed by atoms with Crippen molar-refractivity contribution in [2.45, 2.75) is 27.2 Å². The second-order valence-corrected chi connectivity index (χ2v) is 9.78. The van der Waals surface area contributed by atoms with Gasteiger partial charge < -0.3 is 9.80 Å². The molecule has 34 heavy (non-hydrogen) atoms. The number of piperazine rings is 1. The fourth-order valence-electron chi connectivity index (χ4n) is 4.39. The summed E-state index contributed by atoms with van der Waals surface area (Å²) in [4.78, 5) is 26.9. The van der Waals surface area contributed by atoms with E-state index in [1.165, 1.54) is 5.56 Å². The number of carbonyl (C=O) groups is 1. The lowest BCUT2D eigenvalue weighted by Crippen LogP contribution is -2.52. The molecule has 5 rings (SSSR count). The zero-order valence-electron chi connectivity index (χ0n) is 20.0. The molecule has 0 N–H and O–H groups in total. The number of aromatic nitrogens is 4. The van der Waals surface area contributed by atoms with Gasteiger partial charge in [-0.3, -0.25) is 4.79 Å². The summed E-state index contributed by atoms with van der Waals surface area (Å²) in [5.74, 6) is 1.85. The van der Waals surface area contributed by atoms with E-state index in [1.54, 1.807) is 0 Å². The quantitative estimate of drug-likeness (QED) is 0.464. The zero-order chi connectivity index (χ0) is 23.7. The predicted octanol–water partition coefficient (Wildman–Crippen LogP) is 4.10. The molecule has 1 aliphatic rings. The van der Waals surface area contributed by atoms with Crippen molar-refractivity contribution >= 4 is 22.8 Å². The molecule has 2 aromatic carbocycles. The molecule has 174 valence electrons. The van der Waals surface area contributed by atoms with Crippen molar-refractivity contribution in [3.8, 4) is 5.69 Å². The first-order chi connectivity index (χ1) is 16.4. The Kier molecular flexibility index (Phi) is 5.77. The molecule has 0 saturated carbocycles. The number of hydrogen-bond acceptors (Lipinski definition) is 5. The van der Waals surface area contributed by atoms with Crippen molar-refractivity contribution in [1.29, 1.82) is 0 Å². The van der Waals surface area contributed by atoms with Crippen LogP contribution in [0.15, 0.2) is 66.9 Å². The largest absolute Gasteiger partial charge is 0.352 e. The van der Waals surface area contributed by atoms with Crippen molar-refractivity contribution < 1.29 is 4.79 Å². The van der Waals surface area contributed by atoms with E-state index in [4.69, 9.17) is 9.97 Å². The second kappa shape index (κ2) is 8.89. The minimum atomic E-state index is -0.371. The number of benzene rings is 2. The summed E-state index contributed by atoms with van der Waals surface area (Å²) < 4.78 is 1.88. The highest BCUT2D eigenvalue weighted by Gasteiger charge is 2.31. The van der Waals surface area contributed by atoms with Gasteiger partial charge in [0.2, 0.25) is 5.91 Å². The van der Waals surface area contributed by atoms with E-state index in [0.717, 1.165) is 41.5 Å². The molecule has 3 heterocycles. The Morgan fingerprint density at radius 2 is 1.53 bits per heavy atom. The number of hydrogen-bond donors (Lipinski definition) is 0. The van der Waals surface area contributed by atoms with Crippen LogP contribution in [-0.4, -0.2) is 56.7 Å². The first-order valence-electron chi connectivity index (χ1n) is 11.8. The molecule has 7 heteroatoms. The summed E-state index contributed by atoms with van der Waals surface area (Å²) in [6.07, 6.45) is 2.50. The molecule has 2 aromatic heterocycles. The van der Waals surface area contributed by atoms with E-state index < -0.39 is 0 Å². The second-order valence-electron chi connectivity index (χ2n) is 9.78. The van der Waals surface area contributed by atoms with Gasteiger partial charge in [-0.1, -0.05) is 69.3 Å². The maximum absolute atomic E-state index is 12.8. The van der Waals surface area contributed by atoms with Crippen molar-refractivity contribution in [2.75, 3.05) is 31.1 Å². The van der Waals surface area contributed by atoms with E-state index in [9.17, 15) is 4.79 Å². The highest BCUT2D eigenvalue weighted by molar-refractivity contribution is 5.88. The van der Waals surface area contributed by atoms with Crippen LogP contribution in [0.25, 0.3) is 16.7 Å². The van der Waals surface area contributed by atoms with Crippen LogP contribution in [0, 0.1) is 5.41 Å². The lowest BCUT2D eigenvalue weighted by molar-refractivity contribution is -0.139. The van der Waals surface area contributed by atoms with Crippen LogP contribution >= 0.6 is 0 Å². The van der Waals surface area contributed by atoms with E-state index in [0.29, 0.717) is 19.5 Å². The number of rotatable bonds is 4. The third-order valence-corrected chi connectivity index (χ3v) is 6.17. The molecule has 7 nitrogen and oxygen atoms in total. The molecule has 0 spiro atoms. The highest BCUT2D eigenvalue weighted by atomic mass is 16.2. The van der Waals surface area contributed by atoms with Gasteiger partial charge in [-0.15, -0.1) is 0 Å². The Morgan fingerprint density at radius 1 is 0.882 bits per heavy atom. The Morgan fingerprint density at radius 3 is 2.18 bits per heavy atom. The number of carbonyl (C=O) groups excluding carboxylic acids is 1. The Labute approximate surface area is 200 Å². The topological polar surface area (TPSA) is 67.2 Å². The SMILES string of the molecule is CC(C)(C)C(=O)N1CCN(c2nc(Cc3ccccc3)nc3c2cnn3-c2ccccc2)CC1. The van der Waals surface area contributed by atoms with Gasteiger partial charge >= 0.3 is 0 Å². The monoisotopic (exact) mass is 454 g/mol. The molecule has 1 fully saturated rings. The summed E-state index contributed by atoms with van der Waals surface area (Å²) in [6, 6.07) is 20.3. The van der Waals surface area contributed by atoms with Crippen LogP contribution in [0.3, 0.4) is 0 Å². The van der Waals surface area contributed by atoms with Gasteiger partial charge in [0.15, 0.2) is 5.65 Å². The lowest BCUT2D eigenvalue weighted by Gasteiger charge is -2.38. The van der Waals surface area contributed by atoms with Crippen molar-refractivity contribution in [1.82, 2.24) is 24.6 Å². The zero-order valence-corrected chi connectivity index (χ0v) is 20.0. The van der Waals surface area contributed by atoms with E-state index in [-0.39, 0.29) is 11.3 Å². The van der Waals surface area contributed by atoms with Gasteiger partial charge in [-0.05, 0) is 17.7 Å². The number of para-hydroxylation sites is 1. The van der Waals surface area contributed by atoms with Gasteiger partial charge in [0.1, 0.15) is 11.6 Å². The smallest absolute Gasteiger partial charge is 0.228 e. The average molecular weight is 455 g/mol. The molecule has 0 atom stereocenters. The molecule has 1 aliphatic heterocycles. The molecule has 1 saturated heterocycles. The fraction of sp³-hybridized carbons (Fsp3) is 0.333. The van der Waals surface area contributed by atoms with E-state index in [2.05, 4.69) is 22.1 Å². The van der Waals surface area contributed by atoms with E-state index >= 15 is 0 Å². The van der Waals surface area contributed by atoms with Crippen molar-refractivity contribution in [3.63, 3.8) is 0 Å². The maximum Gasteiger partial charge on any atom is 0.228 e. The highest BCUT2D eigenvalue weighted by Crippen LogP contribution is 2.28. The van der Waals surface area contributed by atoms with Crippen LogP contribution in [0.1, 0.15) is 32.2 Å². The standard InChI is InChI=1S/C27H30N6O/c1-27(2,3)26(34)32-16-14-31(15-17-32)24-22-19-28-33(21-12-8-5-9-13-21)25(22)30-23(29-24)18-20-10-6-4-7-11-20/h4-13,19H,14-18H2,1-3H3. The average Bonchev–Trinajstić information content (AvgIpc) is 3.28. The molecule has 0 radical (unpaired) electrons. The fourth-order valence-corrected chi connectivity index (χ4v) is 4.39. The molecule has 0 bridgehead atoms. The first kappa shape index (κ1) is 22.1. The lowest BCUT2D eigenvalue weighted by atomic mass is 9.94. The predicted molar refractivity (Wildman–Crippen MR) is 134 cm³/mol. The first-order valence-corrected chi connectivity index (χ1v) is 11.8. The number of anilines is 1. The van der Waals surface area contributed by atoms with Gasteiger partial charge in [-0.2, -0.15) is 5.10 Å². The summed E-state index contributed by atoms with van der Waals surface area (Å²) in [5.41, 5.74) is 2.56. The Bertz CT molecular complexity index is 1290.